The summed E-state index contributed by atoms with van der Waals surface area (Å²) in [5.41, 5.74) is 3.60. The second kappa shape index (κ2) is 8.55. The number of fused-ring (bicyclic) bond motifs is 1. The smallest absolute Gasteiger partial charge is 0.342 e. The predicted molar refractivity (Wildman–Crippen MR) is 113 cm³/mol. The first kappa shape index (κ1) is 20.5. The van der Waals surface area contributed by atoms with Crippen LogP contribution in [0.5, 0.6) is 17.2 Å². The second-order valence-electron chi connectivity index (χ2n) is 7.26. The molecule has 1 aromatic heterocycles. The minimum absolute atomic E-state index is 0.229. The van der Waals surface area contributed by atoms with Crippen LogP contribution in [0.4, 0.5) is 0 Å². The zero-order valence-electron chi connectivity index (χ0n) is 17.6. The Morgan fingerprint density at radius 3 is 2.58 bits per heavy atom. The highest BCUT2D eigenvalue weighted by Gasteiger charge is 2.20. The Morgan fingerprint density at radius 1 is 1.00 bits per heavy atom. The van der Waals surface area contributed by atoms with Crippen LogP contribution >= 0.6 is 0 Å². The lowest BCUT2D eigenvalue weighted by atomic mass is 10.1. The monoisotopic (exact) mass is 421 g/mol. The van der Waals surface area contributed by atoms with E-state index in [4.69, 9.17) is 18.9 Å². The highest BCUT2D eigenvalue weighted by atomic mass is 16.7. The third-order valence-corrected chi connectivity index (χ3v) is 5.31. The number of methoxy groups -OCH3 is 1. The third-order valence-electron chi connectivity index (χ3n) is 5.31. The molecule has 1 aliphatic heterocycles. The van der Waals surface area contributed by atoms with Gasteiger partial charge in [-0.2, -0.15) is 0 Å². The molecule has 0 atom stereocenters. The van der Waals surface area contributed by atoms with Crippen LogP contribution in [0.3, 0.4) is 0 Å². The zero-order valence-corrected chi connectivity index (χ0v) is 17.6. The maximum Gasteiger partial charge on any atom is 0.342 e. The summed E-state index contributed by atoms with van der Waals surface area (Å²) in [4.78, 5) is 25.1. The first-order valence-corrected chi connectivity index (χ1v) is 9.86. The number of para-hydroxylation sites is 1. The molecule has 4 rings (SSSR count). The van der Waals surface area contributed by atoms with E-state index in [1.54, 1.807) is 24.3 Å². The summed E-state index contributed by atoms with van der Waals surface area (Å²) >= 11 is 0. The zero-order chi connectivity index (χ0) is 22.0. The van der Waals surface area contributed by atoms with Crippen LogP contribution in [0.25, 0.3) is 0 Å². The van der Waals surface area contributed by atoms with Crippen LogP contribution in [0.15, 0.2) is 48.5 Å². The highest BCUT2D eigenvalue weighted by Crippen LogP contribution is 2.33. The Hall–Kier alpha value is -3.74. The van der Waals surface area contributed by atoms with Crippen molar-refractivity contribution in [2.24, 2.45) is 0 Å². The van der Waals surface area contributed by atoms with E-state index in [0.29, 0.717) is 17.9 Å². The lowest BCUT2D eigenvalue weighted by molar-refractivity contribution is 0.0471. The van der Waals surface area contributed by atoms with E-state index >= 15 is 0 Å². The lowest BCUT2D eigenvalue weighted by Crippen LogP contribution is -2.15. The Labute approximate surface area is 180 Å². The van der Waals surface area contributed by atoms with Crippen LogP contribution in [-0.4, -0.2) is 36.8 Å². The Morgan fingerprint density at radius 2 is 1.77 bits per heavy atom. The van der Waals surface area contributed by atoms with Gasteiger partial charge in [0.05, 0.1) is 7.11 Å². The van der Waals surface area contributed by atoms with Crippen molar-refractivity contribution in [3.63, 3.8) is 0 Å². The number of carbonyl (C=O) groups excluding carboxylic acids is 2. The molecule has 0 unspecified atom stereocenters. The molecular weight excluding hydrogens is 398 g/mol. The number of esters is 1. The van der Waals surface area contributed by atoms with E-state index in [1.165, 1.54) is 7.11 Å². The number of aryl methyl sites for hydroxylation is 1. The second-order valence-corrected chi connectivity index (χ2v) is 7.26. The molecule has 2 heterocycles. The summed E-state index contributed by atoms with van der Waals surface area (Å²) < 4.78 is 23.3. The normalized spacial score (nSPS) is 12.0. The molecule has 0 spiro atoms. The van der Waals surface area contributed by atoms with Gasteiger partial charge in [-0.15, -0.1) is 0 Å². The number of Topliss-reactive ketones (excluding diaryl/α,β-unsaturated/α-hetero) is 1. The molecule has 160 valence electrons. The van der Waals surface area contributed by atoms with E-state index in [0.717, 1.165) is 28.5 Å². The van der Waals surface area contributed by atoms with Crippen LogP contribution < -0.4 is 14.2 Å². The largest absolute Gasteiger partial charge is 0.496 e. The summed E-state index contributed by atoms with van der Waals surface area (Å²) in [5.74, 6) is 1.01. The molecule has 7 nitrogen and oxygen atoms in total. The predicted octanol–water partition coefficient (Wildman–Crippen LogP) is 3.93. The molecule has 2 aromatic carbocycles. The van der Waals surface area contributed by atoms with Gasteiger partial charge in [0.1, 0.15) is 11.3 Å². The number of hydrogen-bond acceptors (Lipinski definition) is 6. The van der Waals surface area contributed by atoms with E-state index < -0.39 is 5.97 Å². The van der Waals surface area contributed by atoms with Crippen molar-refractivity contribution in [2.75, 3.05) is 20.5 Å². The fraction of sp³-hybridized carbons (Fsp3) is 0.250. The first-order chi connectivity index (χ1) is 15.0. The molecule has 0 N–H and O–H groups in total. The molecule has 31 heavy (non-hydrogen) atoms. The van der Waals surface area contributed by atoms with Gasteiger partial charge >= 0.3 is 5.97 Å². The number of rotatable bonds is 7. The fourth-order valence-electron chi connectivity index (χ4n) is 3.65. The Balaban J connectivity index is 1.46. The van der Waals surface area contributed by atoms with Crippen molar-refractivity contribution < 1.29 is 28.5 Å². The van der Waals surface area contributed by atoms with Crippen molar-refractivity contribution in [2.45, 2.75) is 20.4 Å². The average Bonchev–Trinajstić information content (AvgIpc) is 3.36. The molecule has 0 saturated carbocycles. The number of aromatic nitrogens is 1. The number of nitrogens with zero attached hydrogens (tertiary/aromatic N) is 1. The number of carbonyl (C=O) groups is 2. The van der Waals surface area contributed by atoms with Crippen molar-refractivity contribution in [1.82, 2.24) is 4.57 Å². The van der Waals surface area contributed by atoms with Gasteiger partial charge < -0.3 is 23.5 Å². The maximum atomic E-state index is 12.8. The third kappa shape index (κ3) is 4.12. The topological polar surface area (TPSA) is 76.0 Å². The number of benzene rings is 2. The summed E-state index contributed by atoms with van der Waals surface area (Å²) in [5, 5.41) is 0. The molecule has 0 bridgehead atoms. The Kier molecular flexibility index (Phi) is 5.66. The van der Waals surface area contributed by atoms with Gasteiger partial charge in [0, 0.05) is 23.5 Å². The van der Waals surface area contributed by atoms with Gasteiger partial charge in [0.15, 0.2) is 18.1 Å². The fourth-order valence-corrected chi connectivity index (χ4v) is 3.65. The van der Waals surface area contributed by atoms with Gasteiger partial charge in [-0.3, -0.25) is 4.79 Å². The summed E-state index contributed by atoms with van der Waals surface area (Å²) in [6, 6.07) is 14.4. The van der Waals surface area contributed by atoms with Gasteiger partial charge in [0.2, 0.25) is 12.6 Å². The molecule has 0 saturated heterocycles. The minimum Gasteiger partial charge on any atom is -0.496 e. The van der Waals surface area contributed by atoms with Crippen LogP contribution in [-0.2, 0) is 11.3 Å². The van der Waals surface area contributed by atoms with Crippen molar-refractivity contribution in [3.8, 4) is 17.2 Å². The summed E-state index contributed by atoms with van der Waals surface area (Å²) in [7, 11) is 1.48. The van der Waals surface area contributed by atoms with Crippen LogP contribution in [0.2, 0.25) is 0 Å². The highest BCUT2D eigenvalue weighted by molar-refractivity contribution is 6.01. The molecule has 0 fully saturated rings. The molecule has 7 heteroatoms. The maximum absolute atomic E-state index is 12.8. The number of ketones is 1. The lowest BCUT2D eigenvalue weighted by Gasteiger charge is -2.11. The van der Waals surface area contributed by atoms with Crippen molar-refractivity contribution in [3.05, 3.63) is 76.6 Å². The van der Waals surface area contributed by atoms with E-state index in [1.807, 2.05) is 42.7 Å². The van der Waals surface area contributed by atoms with Crippen LogP contribution in [0.1, 0.15) is 37.7 Å². The molecule has 1 aliphatic rings. The minimum atomic E-state index is -0.597. The number of ether oxygens (including phenoxy) is 4. The standard InChI is InChI=1S/C24H23NO6/c1-15-10-19(20(26)13-29-24(27)18-6-4-5-7-21(18)28-3)16(2)25(15)12-17-8-9-22-23(11-17)31-14-30-22/h4-11H,12-14H2,1-3H3. The number of hydrogen-bond donors (Lipinski definition) is 0. The van der Waals surface area contributed by atoms with Crippen molar-refractivity contribution >= 4 is 11.8 Å². The van der Waals surface area contributed by atoms with Crippen LogP contribution in [0, 0.1) is 13.8 Å². The first-order valence-electron chi connectivity index (χ1n) is 9.86. The molecule has 0 radical (unpaired) electrons. The van der Waals surface area contributed by atoms with Crippen molar-refractivity contribution in [1.29, 1.82) is 0 Å². The van der Waals surface area contributed by atoms with Gasteiger partial charge in [-0.05, 0) is 49.7 Å². The average molecular weight is 421 g/mol. The molecular formula is C24H23NO6. The SMILES string of the molecule is COc1ccccc1C(=O)OCC(=O)c1cc(C)n(Cc2ccc3c(c2)OCO3)c1C. The van der Waals surface area contributed by atoms with E-state index in [-0.39, 0.29) is 24.7 Å². The Bertz CT molecular complexity index is 1150. The molecule has 0 amide bonds. The van der Waals surface area contributed by atoms with E-state index in [2.05, 4.69) is 0 Å². The van der Waals surface area contributed by atoms with Gasteiger partial charge in [-0.25, -0.2) is 4.79 Å². The van der Waals surface area contributed by atoms with E-state index in [9.17, 15) is 9.59 Å². The van der Waals surface area contributed by atoms with Gasteiger partial charge in [0.25, 0.3) is 0 Å². The summed E-state index contributed by atoms with van der Waals surface area (Å²) in [6.07, 6.45) is 0. The summed E-state index contributed by atoms with van der Waals surface area (Å²) in [6.45, 7) is 4.30. The quantitative estimate of drug-likeness (QED) is 0.425. The molecule has 0 aliphatic carbocycles. The van der Waals surface area contributed by atoms with Gasteiger partial charge in [-0.1, -0.05) is 18.2 Å². The molecule has 3 aromatic rings.